The molecule has 1 aliphatic rings. The summed E-state index contributed by atoms with van der Waals surface area (Å²) < 4.78 is 1.85. The summed E-state index contributed by atoms with van der Waals surface area (Å²) >= 11 is 0. The van der Waals surface area contributed by atoms with Crippen molar-refractivity contribution in [3.05, 3.63) is 65.5 Å². The molecule has 0 fully saturated rings. The second-order valence-electron chi connectivity index (χ2n) is 6.79. The van der Waals surface area contributed by atoms with E-state index in [-0.39, 0.29) is 0 Å². The summed E-state index contributed by atoms with van der Waals surface area (Å²) in [5.41, 5.74) is 5.13. The van der Waals surface area contributed by atoms with Crippen molar-refractivity contribution < 1.29 is 9.59 Å². The number of rotatable bonds is 3. The van der Waals surface area contributed by atoms with Crippen LogP contribution in [0, 0.1) is 6.92 Å². The number of hydrogen-bond acceptors (Lipinski definition) is 4. The maximum Gasteiger partial charge on any atom is 0.261 e. The quantitative estimate of drug-likeness (QED) is 0.542. The molecule has 1 aromatic carbocycles. The average Bonchev–Trinajstić information content (AvgIpc) is 3.33. The zero-order chi connectivity index (χ0) is 19.4. The standard InChI is InChI=1S/C21H17N5O2/c1-3-12-10-26-16(9-22-12)24-11(2)19(26)18-17(20(27)25-21(18)28)14-8-23-15-7-5-4-6-13(14)15/h4-10,23H,3H2,1-2H3,(H,25,27,28). The molecule has 0 spiro atoms. The summed E-state index contributed by atoms with van der Waals surface area (Å²) in [6, 6.07) is 7.70. The fraction of sp³-hybridized carbons (Fsp3) is 0.143. The summed E-state index contributed by atoms with van der Waals surface area (Å²) in [7, 11) is 0. The highest BCUT2D eigenvalue weighted by Crippen LogP contribution is 2.36. The lowest BCUT2D eigenvalue weighted by atomic mass is 9.98. The lowest BCUT2D eigenvalue weighted by molar-refractivity contribution is -0.122. The summed E-state index contributed by atoms with van der Waals surface area (Å²) in [5.74, 6) is -0.811. The van der Waals surface area contributed by atoms with E-state index in [2.05, 4.69) is 20.3 Å². The SMILES string of the molecule is CCc1cn2c(C3=C(c4c[nH]c5ccccc45)C(=O)NC3=O)c(C)nc2cn1. The summed E-state index contributed by atoms with van der Waals surface area (Å²) in [6.07, 6.45) is 6.10. The number of fused-ring (bicyclic) bond motifs is 2. The molecule has 0 saturated carbocycles. The minimum atomic E-state index is -0.412. The van der Waals surface area contributed by atoms with E-state index in [1.807, 2.05) is 48.7 Å². The third kappa shape index (κ3) is 2.22. The molecule has 0 atom stereocenters. The molecule has 0 radical (unpaired) electrons. The Morgan fingerprint density at radius 1 is 1.11 bits per heavy atom. The van der Waals surface area contributed by atoms with Crippen LogP contribution in [0.15, 0.2) is 42.9 Å². The number of H-pyrrole nitrogens is 1. The molecule has 0 unspecified atom stereocenters. The van der Waals surface area contributed by atoms with Crippen LogP contribution in [0.3, 0.4) is 0 Å². The van der Waals surface area contributed by atoms with Gasteiger partial charge in [0.05, 0.1) is 34.4 Å². The van der Waals surface area contributed by atoms with Crippen molar-refractivity contribution in [2.24, 2.45) is 0 Å². The molecule has 0 saturated heterocycles. The molecule has 4 heterocycles. The predicted octanol–water partition coefficient (Wildman–Crippen LogP) is 2.65. The van der Waals surface area contributed by atoms with E-state index in [9.17, 15) is 9.59 Å². The Morgan fingerprint density at radius 2 is 1.89 bits per heavy atom. The number of amides is 2. The molecule has 5 rings (SSSR count). The van der Waals surface area contributed by atoms with Gasteiger partial charge in [-0.25, -0.2) is 4.98 Å². The van der Waals surface area contributed by atoms with Crippen LogP contribution in [0.25, 0.3) is 27.7 Å². The number of aromatic nitrogens is 4. The van der Waals surface area contributed by atoms with Crippen LogP contribution in [-0.2, 0) is 16.0 Å². The molecule has 7 nitrogen and oxygen atoms in total. The monoisotopic (exact) mass is 371 g/mol. The topological polar surface area (TPSA) is 92.2 Å². The molecule has 2 N–H and O–H groups in total. The van der Waals surface area contributed by atoms with Crippen molar-refractivity contribution in [1.29, 1.82) is 0 Å². The maximum atomic E-state index is 12.8. The fourth-order valence-corrected chi connectivity index (χ4v) is 3.81. The first-order valence-corrected chi connectivity index (χ1v) is 9.09. The Labute approximate surface area is 160 Å². The van der Waals surface area contributed by atoms with Gasteiger partial charge in [-0.15, -0.1) is 0 Å². The molecular formula is C21H17N5O2. The molecule has 0 aliphatic carbocycles. The number of benzene rings is 1. The number of aryl methyl sites for hydroxylation is 2. The number of para-hydroxylation sites is 1. The van der Waals surface area contributed by atoms with Crippen LogP contribution in [0.5, 0.6) is 0 Å². The third-order valence-electron chi connectivity index (χ3n) is 5.13. The molecule has 0 bridgehead atoms. The van der Waals surface area contributed by atoms with Crippen molar-refractivity contribution in [2.75, 3.05) is 0 Å². The zero-order valence-electron chi connectivity index (χ0n) is 15.4. The Hall–Kier alpha value is -3.74. The summed E-state index contributed by atoms with van der Waals surface area (Å²) in [5, 5.41) is 3.35. The van der Waals surface area contributed by atoms with Gasteiger partial charge in [0.2, 0.25) is 0 Å². The van der Waals surface area contributed by atoms with Gasteiger partial charge < -0.3 is 4.98 Å². The maximum absolute atomic E-state index is 12.8. The van der Waals surface area contributed by atoms with Crippen molar-refractivity contribution in [2.45, 2.75) is 20.3 Å². The normalized spacial score (nSPS) is 14.5. The molecule has 1 aliphatic heterocycles. The molecule has 4 aromatic rings. The zero-order valence-corrected chi connectivity index (χ0v) is 15.4. The van der Waals surface area contributed by atoms with E-state index in [4.69, 9.17) is 0 Å². The smallest absolute Gasteiger partial charge is 0.261 e. The first kappa shape index (κ1) is 16.4. The highest BCUT2D eigenvalue weighted by molar-refractivity contribution is 6.50. The Morgan fingerprint density at radius 3 is 2.71 bits per heavy atom. The average molecular weight is 371 g/mol. The first-order chi connectivity index (χ1) is 13.6. The summed E-state index contributed by atoms with van der Waals surface area (Å²) in [6.45, 7) is 3.85. The first-order valence-electron chi connectivity index (χ1n) is 9.09. The molecule has 3 aromatic heterocycles. The number of carbonyl (C=O) groups excluding carboxylic acids is 2. The summed E-state index contributed by atoms with van der Waals surface area (Å²) in [4.78, 5) is 37.7. The second kappa shape index (κ2) is 5.88. The van der Waals surface area contributed by atoms with Crippen LogP contribution in [0.4, 0.5) is 0 Å². The van der Waals surface area contributed by atoms with Gasteiger partial charge in [-0.05, 0) is 19.4 Å². The molecular weight excluding hydrogens is 354 g/mol. The Bertz CT molecular complexity index is 1330. The van der Waals surface area contributed by atoms with E-state index in [0.29, 0.717) is 33.7 Å². The van der Waals surface area contributed by atoms with Gasteiger partial charge in [-0.1, -0.05) is 25.1 Å². The van der Waals surface area contributed by atoms with Crippen molar-refractivity contribution in [3.63, 3.8) is 0 Å². The number of imidazole rings is 1. The molecule has 2 amide bonds. The van der Waals surface area contributed by atoms with Crippen molar-refractivity contribution >= 4 is 39.5 Å². The van der Waals surface area contributed by atoms with E-state index in [1.165, 1.54) is 0 Å². The third-order valence-corrected chi connectivity index (χ3v) is 5.13. The van der Waals surface area contributed by atoms with Crippen LogP contribution in [-0.4, -0.2) is 31.2 Å². The van der Waals surface area contributed by atoms with Crippen LogP contribution in [0.1, 0.15) is 29.6 Å². The van der Waals surface area contributed by atoms with Gasteiger partial charge in [0.25, 0.3) is 11.8 Å². The number of imide groups is 1. The van der Waals surface area contributed by atoms with Gasteiger partial charge >= 0.3 is 0 Å². The van der Waals surface area contributed by atoms with Gasteiger partial charge in [0.1, 0.15) is 0 Å². The van der Waals surface area contributed by atoms with E-state index in [0.717, 1.165) is 23.0 Å². The molecule has 7 heteroatoms. The van der Waals surface area contributed by atoms with E-state index < -0.39 is 11.8 Å². The number of nitrogens with one attached hydrogen (secondary N) is 2. The highest BCUT2D eigenvalue weighted by Gasteiger charge is 2.36. The number of aromatic amines is 1. The molecule has 138 valence electrons. The minimum absolute atomic E-state index is 0.341. The largest absolute Gasteiger partial charge is 0.361 e. The van der Waals surface area contributed by atoms with Crippen molar-refractivity contribution in [1.82, 2.24) is 24.7 Å². The number of hydrogen-bond donors (Lipinski definition) is 2. The van der Waals surface area contributed by atoms with Gasteiger partial charge in [0, 0.05) is 28.9 Å². The lowest BCUT2D eigenvalue weighted by Gasteiger charge is -2.06. The van der Waals surface area contributed by atoms with Crippen LogP contribution in [0.2, 0.25) is 0 Å². The van der Waals surface area contributed by atoms with Crippen LogP contribution >= 0.6 is 0 Å². The van der Waals surface area contributed by atoms with Crippen molar-refractivity contribution in [3.8, 4) is 0 Å². The second-order valence-corrected chi connectivity index (χ2v) is 6.79. The fourth-order valence-electron chi connectivity index (χ4n) is 3.81. The van der Waals surface area contributed by atoms with Crippen LogP contribution < -0.4 is 5.32 Å². The van der Waals surface area contributed by atoms with Gasteiger partial charge in [-0.3, -0.25) is 24.3 Å². The van der Waals surface area contributed by atoms with E-state index >= 15 is 0 Å². The number of carbonyl (C=O) groups is 2. The highest BCUT2D eigenvalue weighted by atomic mass is 16.2. The lowest BCUT2D eigenvalue weighted by Crippen LogP contribution is -2.23. The molecule has 28 heavy (non-hydrogen) atoms. The number of nitrogens with zero attached hydrogens (tertiary/aromatic N) is 3. The van der Waals surface area contributed by atoms with Gasteiger partial charge in [-0.2, -0.15) is 0 Å². The van der Waals surface area contributed by atoms with E-state index in [1.54, 1.807) is 12.4 Å². The van der Waals surface area contributed by atoms with Gasteiger partial charge in [0.15, 0.2) is 5.65 Å². The minimum Gasteiger partial charge on any atom is -0.361 e. The Balaban J connectivity index is 1.86. The Kier molecular flexibility index (Phi) is 3.45. The predicted molar refractivity (Wildman–Crippen MR) is 105 cm³/mol.